The number of nitrogens with one attached hydrogen (secondary N) is 1. The van der Waals surface area contributed by atoms with Gasteiger partial charge < -0.3 is 10.2 Å². The summed E-state index contributed by atoms with van der Waals surface area (Å²) in [5.41, 5.74) is 1.14. The fourth-order valence-electron chi connectivity index (χ4n) is 2.39. The minimum Gasteiger partial charge on any atom is -0.311 e. The third-order valence-corrected chi connectivity index (χ3v) is 3.55. The van der Waals surface area contributed by atoms with Gasteiger partial charge in [-0.15, -0.1) is 0 Å². The average Bonchev–Trinajstić information content (AvgIpc) is 2.39. The zero-order valence-corrected chi connectivity index (χ0v) is 12.1. The van der Waals surface area contributed by atoms with E-state index in [-0.39, 0.29) is 0 Å². The monoisotopic (exact) mass is 250 g/mol. The number of rotatable bonds is 8. The Labute approximate surface area is 111 Å². The molecule has 102 valence electrons. The highest BCUT2D eigenvalue weighted by Gasteiger charge is 2.19. The van der Waals surface area contributed by atoms with Gasteiger partial charge in [0, 0.05) is 37.1 Å². The molecule has 1 aromatic heterocycles. The first kappa shape index (κ1) is 15.1. The van der Waals surface area contributed by atoms with Gasteiger partial charge in [-0.25, -0.2) is 9.97 Å². The van der Waals surface area contributed by atoms with Crippen molar-refractivity contribution in [2.24, 2.45) is 5.92 Å². The number of aromatic nitrogens is 2. The molecule has 0 radical (unpaired) electrons. The van der Waals surface area contributed by atoms with Crippen molar-refractivity contribution in [3.63, 3.8) is 0 Å². The van der Waals surface area contributed by atoms with Crippen molar-refractivity contribution in [3.8, 4) is 0 Å². The lowest BCUT2D eigenvalue weighted by atomic mass is 9.93. The normalized spacial score (nSPS) is 13.2. The van der Waals surface area contributed by atoms with Gasteiger partial charge in [-0.2, -0.15) is 0 Å². The lowest BCUT2D eigenvalue weighted by Gasteiger charge is -2.31. The third-order valence-electron chi connectivity index (χ3n) is 3.55. The minimum atomic E-state index is 0.588. The van der Waals surface area contributed by atoms with E-state index in [9.17, 15) is 0 Å². The Morgan fingerprint density at radius 1 is 1.17 bits per heavy atom. The highest BCUT2D eigenvalue weighted by Crippen LogP contribution is 2.16. The summed E-state index contributed by atoms with van der Waals surface area (Å²) in [6, 6.07) is 0.588. The van der Waals surface area contributed by atoms with Crippen LogP contribution < -0.4 is 5.32 Å². The smallest absolute Gasteiger partial charge is 0.115 e. The summed E-state index contributed by atoms with van der Waals surface area (Å²) in [6.07, 6.45) is 7.75. The van der Waals surface area contributed by atoms with Crippen LogP contribution in [0.25, 0.3) is 0 Å². The second-order valence-electron chi connectivity index (χ2n) is 4.99. The maximum atomic E-state index is 4.02. The Kier molecular flexibility index (Phi) is 6.83. The predicted molar refractivity (Wildman–Crippen MR) is 75.3 cm³/mol. The molecule has 0 aliphatic carbocycles. The third kappa shape index (κ3) is 4.70. The number of hydrogen-bond donors (Lipinski definition) is 1. The van der Waals surface area contributed by atoms with Crippen molar-refractivity contribution < 1.29 is 0 Å². The molecule has 4 heteroatoms. The largest absolute Gasteiger partial charge is 0.311 e. The molecule has 0 spiro atoms. The van der Waals surface area contributed by atoms with Crippen LogP contribution in [0.15, 0.2) is 18.7 Å². The Hall–Kier alpha value is -1.00. The Balaban J connectivity index is 2.43. The van der Waals surface area contributed by atoms with Crippen LogP contribution in [0, 0.1) is 5.92 Å². The first-order chi connectivity index (χ1) is 8.69. The van der Waals surface area contributed by atoms with Gasteiger partial charge >= 0.3 is 0 Å². The summed E-state index contributed by atoms with van der Waals surface area (Å²) in [6.45, 7) is 6.39. The van der Waals surface area contributed by atoms with Crippen LogP contribution in [-0.4, -0.2) is 41.5 Å². The molecular weight excluding hydrogens is 224 g/mol. The van der Waals surface area contributed by atoms with Crippen molar-refractivity contribution in [1.29, 1.82) is 0 Å². The van der Waals surface area contributed by atoms with Gasteiger partial charge in [0.1, 0.15) is 6.33 Å². The van der Waals surface area contributed by atoms with Crippen molar-refractivity contribution in [1.82, 2.24) is 20.2 Å². The minimum absolute atomic E-state index is 0.588. The van der Waals surface area contributed by atoms with Crippen LogP contribution in [0.3, 0.4) is 0 Å². The van der Waals surface area contributed by atoms with E-state index in [0.717, 1.165) is 24.6 Å². The van der Waals surface area contributed by atoms with Crippen LogP contribution in [0.5, 0.6) is 0 Å². The fourth-order valence-corrected chi connectivity index (χ4v) is 2.39. The fraction of sp³-hybridized carbons (Fsp3) is 0.714. The predicted octanol–water partition coefficient (Wildman–Crippen LogP) is 1.93. The van der Waals surface area contributed by atoms with Crippen molar-refractivity contribution >= 4 is 0 Å². The molecule has 1 atom stereocenters. The molecule has 0 bridgehead atoms. The molecule has 1 N–H and O–H groups in total. The number of hydrogen-bond acceptors (Lipinski definition) is 4. The summed E-state index contributed by atoms with van der Waals surface area (Å²) in [5.74, 6) is 0.750. The molecular formula is C14H26N4. The van der Waals surface area contributed by atoms with E-state index in [2.05, 4.69) is 48.1 Å². The second kappa shape index (κ2) is 8.16. The molecule has 0 aliphatic rings. The first-order valence-electron chi connectivity index (χ1n) is 6.80. The van der Waals surface area contributed by atoms with Crippen LogP contribution in [0.4, 0.5) is 0 Å². The summed E-state index contributed by atoms with van der Waals surface area (Å²) in [5, 5.41) is 3.51. The van der Waals surface area contributed by atoms with Crippen LogP contribution >= 0.6 is 0 Å². The molecule has 1 heterocycles. The molecule has 0 saturated heterocycles. The molecule has 0 amide bonds. The standard InChI is InChI=1S/C14H26N4/c1-5-13(6-2)14(18(3)4)10-15-7-12-8-16-11-17-9-12/h8-9,11,13-15H,5-7,10H2,1-4H3. The second-order valence-corrected chi connectivity index (χ2v) is 4.99. The first-order valence-corrected chi connectivity index (χ1v) is 6.80. The molecule has 4 nitrogen and oxygen atoms in total. The van der Waals surface area contributed by atoms with Gasteiger partial charge in [-0.3, -0.25) is 0 Å². The summed E-state index contributed by atoms with van der Waals surface area (Å²) >= 11 is 0. The molecule has 1 aromatic rings. The Bertz CT molecular complexity index is 309. The highest BCUT2D eigenvalue weighted by atomic mass is 15.1. The number of likely N-dealkylation sites (N-methyl/N-ethyl adjacent to an activating group) is 1. The maximum Gasteiger partial charge on any atom is 0.115 e. The van der Waals surface area contributed by atoms with Crippen molar-refractivity contribution in [2.45, 2.75) is 39.3 Å². The summed E-state index contributed by atoms with van der Waals surface area (Å²) < 4.78 is 0. The summed E-state index contributed by atoms with van der Waals surface area (Å²) in [4.78, 5) is 10.4. The van der Waals surface area contributed by atoms with E-state index in [1.165, 1.54) is 12.8 Å². The van der Waals surface area contributed by atoms with Crippen molar-refractivity contribution in [3.05, 3.63) is 24.3 Å². The number of nitrogens with zero attached hydrogens (tertiary/aromatic N) is 3. The highest BCUT2D eigenvalue weighted by molar-refractivity contribution is 5.01. The van der Waals surface area contributed by atoms with Gasteiger partial charge in [-0.05, 0) is 20.0 Å². The van der Waals surface area contributed by atoms with Gasteiger partial charge in [0.05, 0.1) is 0 Å². The topological polar surface area (TPSA) is 41.1 Å². The molecule has 0 fully saturated rings. The van der Waals surface area contributed by atoms with Gasteiger partial charge in [0.2, 0.25) is 0 Å². The lowest BCUT2D eigenvalue weighted by molar-refractivity contribution is 0.194. The van der Waals surface area contributed by atoms with E-state index in [1.54, 1.807) is 6.33 Å². The van der Waals surface area contributed by atoms with E-state index < -0.39 is 0 Å². The zero-order chi connectivity index (χ0) is 13.4. The van der Waals surface area contributed by atoms with E-state index in [4.69, 9.17) is 0 Å². The molecule has 1 unspecified atom stereocenters. The Morgan fingerprint density at radius 3 is 2.28 bits per heavy atom. The van der Waals surface area contributed by atoms with Crippen molar-refractivity contribution in [2.75, 3.05) is 20.6 Å². The van der Waals surface area contributed by atoms with Crippen LogP contribution in [0.1, 0.15) is 32.3 Å². The molecule has 0 aliphatic heterocycles. The Morgan fingerprint density at radius 2 is 1.78 bits per heavy atom. The van der Waals surface area contributed by atoms with Crippen LogP contribution in [0.2, 0.25) is 0 Å². The average molecular weight is 250 g/mol. The zero-order valence-electron chi connectivity index (χ0n) is 12.1. The quantitative estimate of drug-likeness (QED) is 0.765. The maximum absolute atomic E-state index is 4.02. The van der Waals surface area contributed by atoms with Gasteiger partial charge in [0.25, 0.3) is 0 Å². The molecule has 1 rings (SSSR count). The SMILES string of the molecule is CCC(CC)C(CNCc1cncnc1)N(C)C. The van der Waals surface area contributed by atoms with Gasteiger partial charge in [0.15, 0.2) is 0 Å². The van der Waals surface area contributed by atoms with Gasteiger partial charge in [-0.1, -0.05) is 26.7 Å². The molecule has 0 aromatic carbocycles. The van der Waals surface area contributed by atoms with E-state index >= 15 is 0 Å². The lowest BCUT2D eigenvalue weighted by Crippen LogP contribution is -2.42. The summed E-state index contributed by atoms with van der Waals surface area (Å²) in [7, 11) is 4.33. The molecule has 18 heavy (non-hydrogen) atoms. The van der Waals surface area contributed by atoms with E-state index in [1.807, 2.05) is 12.4 Å². The van der Waals surface area contributed by atoms with E-state index in [0.29, 0.717) is 6.04 Å². The molecule has 0 saturated carbocycles. The van der Waals surface area contributed by atoms with Crippen LogP contribution in [-0.2, 0) is 6.54 Å².